The van der Waals surface area contributed by atoms with E-state index in [1.165, 1.54) is 6.07 Å². The summed E-state index contributed by atoms with van der Waals surface area (Å²) in [6, 6.07) is 5.70. The topological polar surface area (TPSA) is 87.5 Å². The number of hydrogen-bond donors (Lipinski definition) is 2. The minimum absolute atomic E-state index is 0.237. The second kappa shape index (κ2) is 8.08. The van der Waals surface area contributed by atoms with Crippen LogP contribution in [0.5, 0.6) is 0 Å². The molecule has 1 fully saturated rings. The van der Waals surface area contributed by atoms with Crippen LogP contribution in [0.3, 0.4) is 0 Å². The van der Waals surface area contributed by atoms with Gasteiger partial charge in [0.25, 0.3) is 5.91 Å². The van der Waals surface area contributed by atoms with Gasteiger partial charge in [-0.2, -0.15) is 0 Å². The first-order chi connectivity index (χ1) is 15.8. The predicted molar refractivity (Wildman–Crippen MR) is 126 cm³/mol. The third-order valence-corrected chi connectivity index (χ3v) is 6.13. The fourth-order valence-corrected chi connectivity index (χ4v) is 4.57. The summed E-state index contributed by atoms with van der Waals surface area (Å²) >= 11 is 0. The summed E-state index contributed by atoms with van der Waals surface area (Å²) in [6.45, 7) is 9.60. The van der Waals surface area contributed by atoms with Crippen LogP contribution in [0.15, 0.2) is 36.8 Å². The van der Waals surface area contributed by atoms with Crippen molar-refractivity contribution < 1.29 is 9.18 Å². The van der Waals surface area contributed by atoms with Gasteiger partial charge in [0.1, 0.15) is 5.82 Å². The van der Waals surface area contributed by atoms with Crippen molar-refractivity contribution in [2.75, 3.05) is 23.3 Å². The van der Waals surface area contributed by atoms with Crippen molar-refractivity contribution in [1.82, 2.24) is 24.7 Å². The fourth-order valence-electron chi connectivity index (χ4n) is 4.57. The zero-order chi connectivity index (χ0) is 23.3. The minimum Gasteiger partial charge on any atom is -0.353 e. The number of pyridine rings is 3. The van der Waals surface area contributed by atoms with Crippen molar-refractivity contribution in [3.05, 3.63) is 59.6 Å². The number of anilines is 2. The van der Waals surface area contributed by atoms with Gasteiger partial charge in [0.15, 0.2) is 11.5 Å². The Morgan fingerprint density at radius 2 is 1.97 bits per heavy atom. The number of aryl methyl sites for hydroxylation is 2. The van der Waals surface area contributed by atoms with Crippen LogP contribution in [-0.2, 0) is 0 Å². The maximum atomic E-state index is 14.6. The smallest absolute Gasteiger partial charge is 0.259 e. The average Bonchev–Trinajstić information content (AvgIpc) is 3.06. The number of nitrogens with one attached hydrogen (secondary N) is 2. The highest BCUT2D eigenvalue weighted by Crippen LogP contribution is 2.28. The summed E-state index contributed by atoms with van der Waals surface area (Å²) in [5, 5.41) is 7.14. The summed E-state index contributed by atoms with van der Waals surface area (Å²) < 4.78 is 16.2. The second-order valence-electron chi connectivity index (χ2n) is 8.78. The third-order valence-electron chi connectivity index (χ3n) is 6.13. The van der Waals surface area contributed by atoms with Gasteiger partial charge < -0.3 is 15.5 Å². The van der Waals surface area contributed by atoms with Gasteiger partial charge >= 0.3 is 0 Å². The molecule has 0 aromatic carbocycles. The lowest BCUT2D eigenvalue weighted by Crippen LogP contribution is -2.54. The van der Waals surface area contributed by atoms with E-state index >= 15 is 0 Å². The molecule has 1 aliphatic rings. The third kappa shape index (κ3) is 3.78. The summed E-state index contributed by atoms with van der Waals surface area (Å²) in [7, 11) is 0. The largest absolute Gasteiger partial charge is 0.353 e. The van der Waals surface area contributed by atoms with E-state index in [2.05, 4.69) is 44.3 Å². The highest BCUT2D eigenvalue weighted by atomic mass is 19.1. The van der Waals surface area contributed by atoms with Crippen molar-refractivity contribution in [3.63, 3.8) is 0 Å². The zero-order valence-electron chi connectivity index (χ0n) is 19.1. The van der Waals surface area contributed by atoms with Crippen molar-refractivity contribution in [2.24, 2.45) is 0 Å². The number of halogens is 1. The van der Waals surface area contributed by atoms with Crippen LogP contribution in [-0.4, -0.2) is 50.4 Å². The Labute approximate surface area is 190 Å². The SMILES string of the molecule is Cc1nc2c(F)cc(NC(=O)c3cnc(N4C[C@@H](C)N[C@H](C)C4)c4cccnc34)cn2c1C. The number of nitrogens with zero attached hydrogens (tertiary/aromatic N) is 5. The second-order valence-corrected chi connectivity index (χ2v) is 8.78. The number of amides is 1. The van der Waals surface area contributed by atoms with Gasteiger partial charge in [0.2, 0.25) is 0 Å². The highest BCUT2D eigenvalue weighted by Gasteiger charge is 2.25. The highest BCUT2D eigenvalue weighted by molar-refractivity contribution is 6.13. The number of piperazine rings is 1. The summed E-state index contributed by atoms with van der Waals surface area (Å²) in [4.78, 5) is 28.8. The first kappa shape index (κ1) is 21.3. The van der Waals surface area contributed by atoms with Crippen molar-refractivity contribution in [3.8, 4) is 0 Å². The Kier molecular flexibility index (Phi) is 5.20. The van der Waals surface area contributed by atoms with Crippen LogP contribution >= 0.6 is 0 Å². The molecule has 170 valence electrons. The molecule has 0 saturated carbocycles. The molecule has 5 heterocycles. The summed E-state index contributed by atoms with van der Waals surface area (Å²) in [5.74, 6) is -0.0812. The van der Waals surface area contributed by atoms with Crippen LogP contribution in [0.1, 0.15) is 35.6 Å². The Morgan fingerprint density at radius 1 is 1.21 bits per heavy atom. The molecule has 1 saturated heterocycles. The first-order valence-electron chi connectivity index (χ1n) is 11.0. The lowest BCUT2D eigenvalue weighted by atomic mass is 10.1. The molecule has 4 aromatic rings. The van der Waals surface area contributed by atoms with Gasteiger partial charge in [-0.15, -0.1) is 0 Å². The molecule has 5 rings (SSSR count). The van der Waals surface area contributed by atoms with E-state index in [-0.39, 0.29) is 5.65 Å². The van der Waals surface area contributed by atoms with E-state index in [0.29, 0.717) is 28.9 Å². The van der Waals surface area contributed by atoms with Crippen molar-refractivity contribution >= 4 is 34.0 Å². The Balaban J connectivity index is 1.51. The number of carbonyl (C=O) groups is 1. The number of rotatable bonds is 3. The monoisotopic (exact) mass is 447 g/mol. The van der Waals surface area contributed by atoms with Crippen LogP contribution in [0.2, 0.25) is 0 Å². The average molecular weight is 448 g/mol. The standard InChI is InChI=1S/C24H26FN7O/c1-13-10-31(11-14(2)28-13)22-18-6-5-7-26-21(18)19(9-27-22)24(33)30-17-8-20(25)23-29-15(3)16(4)32(23)12-17/h5-9,12-14,28H,10-11H2,1-4H3,(H,30,33)/t13-,14-/m1/s1. The molecule has 2 N–H and O–H groups in total. The molecule has 0 bridgehead atoms. The number of imidazole rings is 1. The molecule has 2 atom stereocenters. The maximum Gasteiger partial charge on any atom is 0.259 e. The lowest BCUT2D eigenvalue weighted by molar-refractivity contribution is 0.102. The number of hydrogen-bond acceptors (Lipinski definition) is 6. The van der Waals surface area contributed by atoms with Gasteiger partial charge in [-0.25, -0.2) is 14.4 Å². The van der Waals surface area contributed by atoms with Gasteiger partial charge in [-0.3, -0.25) is 14.2 Å². The molecule has 9 heteroatoms. The van der Waals surface area contributed by atoms with Crippen LogP contribution < -0.4 is 15.5 Å². The maximum absolute atomic E-state index is 14.6. The van der Waals surface area contributed by atoms with Crippen molar-refractivity contribution in [2.45, 2.75) is 39.8 Å². The lowest BCUT2D eigenvalue weighted by Gasteiger charge is -2.37. The van der Waals surface area contributed by atoms with E-state index in [1.54, 1.807) is 23.0 Å². The fraction of sp³-hybridized carbons (Fsp3) is 0.333. The first-order valence-corrected chi connectivity index (χ1v) is 11.0. The van der Waals surface area contributed by atoms with E-state index in [9.17, 15) is 9.18 Å². The number of carbonyl (C=O) groups excluding carboxylic acids is 1. The molecule has 0 radical (unpaired) electrons. The van der Waals surface area contributed by atoms with E-state index in [0.717, 1.165) is 35.7 Å². The van der Waals surface area contributed by atoms with Gasteiger partial charge in [0.05, 0.1) is 22.5 Å². The number of fused-ring (bicyclic) bond motifs is 2. The molecule has 1 aliphatic heterocycles. The quantitative estimate of drug-likeness (QED) is 0.500. The van der Waals surface area contributed by atoms with E-state index < -0.39 is 11.7 Å². The Morgan fingerprint density at radius 3 is 2.73 bits per heavy atom. The van der Waals surface area contributed by atoms with Crippen LogP contribution in [0.4, 0.5) is 15.9 Å². The molecule has 1 amide bonds. The minimum atomic E-state index is -0.498. The summed E-state index contributed by atoms with van der Waals surface area (Å²) in [5.41, 5.74) is 3.03. The molecular weight excluding hydrogens is 421 g/mol. The molecule has 0 spiro atoms. The van der Waals surface area contributed by atoms with Crippen LogP contribution in [0, 0.1) is 19.7 Å². The van der Waals surface area contributed by atoms with Crippen LogP contribution in [0.25, 0.3) is 16.6 Å². The molecule has 8 nitrogen and oxygen atoms in total. The number of aromatic nitrogens is 4. The molecule has 4 aromatic heterocycles. The predicted octanol–water partition coefficient (Wildman–Crippen LogP) is 3.47. The van der Waals surface area contributed by atoms with Gasteiger partial charge in [0, 0.05) is 60.9 Å². The Bertz CT molecular complexity index is 1370. The van der Waals surface area contributed by atoms with Gasteiger partial charge in [-0.1, -0.05) is 0 Å². The van der Waals surface area contributed by atoms with E-state index in [4.69, 9.17) is 0 Å². The van der Waals surface area contributed by atoms with Gasteiger partial charge in [-0.05, 0) is 39.8 Å². The molecule has 0 unspecified atom stereocenters. The zero-order valence-corrected chi connectivity index (χ0v) is 19.1. The Hall–Kier alpha value is -3.59. The van der Waals surface area contributed by atoms with E-state index in [1.807, 2.05) is 26.0 Å². The summed E-state index contributed by atoms with van der Waals surface area (Å²) in [6.07, 6.45) is 4.89. The molecule has 33 heavy (non-hydrogen) atoms. The molecule has 0 aliphatic carbocycles. The van der Waals surface area contributed by atoms with Crippen molar-refractivity contribution in [1.29, 1.82) is 0 Å². The molecular formula is C24H26FN7O. The normalized spacial score (nSPS) is 18.8.